The van der Waals surface area contributed by atoms with Gasteiger partial charge < -0.3 is 5.73 Å². The van der Waals surface area contributed by atoms with Gasteiger partial charge in [-0.1, -0.05) is 12.2 Å². The molecule has 2 N–H and O–H groups in total. The predicted molar refractivity (Wildman–Crippen MR) is 63.3 cm³/mol. The van der Waals surface area contributed by atoms with E-state index in [-0.39, 0.29) is 18.8 Å². The average molecular weight is 274 g/mol. The number of halogens is 2. The summed E-state index contributed by atoms with van der Waals surface area (Å²) in [5, 5.41) is 0. The fourth-order valence-electron chi connectivity index (χ4n) is 1.72. The van der Waals surface area contributed by atoms with Crippen LogP contribution >= 0.6 is 0 Å². The molecule has 0 aromatic heterocycles. The zero-order valence-corrected chi connectivity index (χ0v) is 10.3. The van der Waals surface area contributed by atoms with Gasteiger partial charge in [0.15, 0.2) is 0 Å². The standard InChI is InChI=1S/C11H12F2N2O2S/c12-8-6-9(13)11(7-10(8)14)18(16,17)15-4-2-1-3-5-15/h1-2,6-7H,3-5,14H2. The summed E-state index contributed by atoms with van der Waals surface area (Å²) in [5.74, 6) is -2.10. The van der Waals surface area contributed by atoms with Gasteiger partial charge in [0.25, 0.3) is 0 Å². The van der Waals surface area contributed by atoms with E-state index in [1.54, 1.807) is 6.08 Å². The molecule has 1 aliphatic heterocycles. The molecule has 1 aliphatic rings. The Labute approximate surface area is 104 Å². The van der Waals surface area contributed by atoms with Gasteiger partial charge in [0, 0.05) is 19.2 Å². The SMILES string of the molecule is Nc1cc(S(=O)(=O)N2CC=CCC2)c(F)cc1F. The predicted octanol–water partition coefficient (Wildman–Crippen LogP) is 1.50. The third-order valence-electron chi connectivity index (χ3n) is 2.69. The van der Waals surface area contributed by atoms with Crippen molar-refractivity contribution in [2.24, 2.45) is 0 Å². The van der Waals surface area contributed by atoms with Crippen molar-refractivity contribution < 1.29 is 17.2 Å². The van der Waals surface area contributed by atoms with Crippen LogP contribution in [0.4, 0.5) is 14.5 Å². The molecule has 0 fully saturated rings. The molecule has 2 rings (SSSR count). The fraction of sp³-hybridized carbons (Fsp3) is 0.273. The Kier molecular flexibility index (Phi) is 3.36. The van der Waals surface area contributed by atoms with Crippen LogP contribution < -0.4 is 5.73 Å². The Hall–Kier alpha value is -1.47. The van der Waals surface area contributed by atoms with Crippen LogP contribution in [0.3, 0.4) is 0 Å². The second kappa shape index (κ2) is 4.66. The van der Waals surface area contributed by atoms with Crippen LogP contribution in [0.15, 0.2) is 29.2 Å². The number of benzene rings is 1. The Bertz CT molecular complexity index is 599. The number of hydrogen-bond acceptors (Lipinski definition) is 3. The van der Waals surface area contributed by atoms with E-state index >= 15 is 0 Å². The lowest BCUT2D eigenvalue weighted by Crippen LogP contribution is -2.34. The van der Waals surface area contributed by atoms with Gasteiger partial charge in [-0.05, 0) is 12.5 Å². The van der Waals surface area contributed by atoms with Crippen LogP contribution in [0.5, 0.6) is 0 Å². The summed E-state index contributed by atoms with van der Waals surface area (Å²) in [6.07, 6.45) is 4.10. The molecule has 0 aliphatic carbocycles. The first-order valence-electron chi connectivity index (χ1n) is 5.32. The first kappa shape index (κ1) is 13.0. The van der Waals surface area contributed by atoms with Gasteiger partial charge in [0.1, 0.15) is 16.5 Å². The second-order valence-corrected chi connectivity index (χ2v) is 5.83. The lowest BCUT2D eigenvalue weighted by atomic mass is 10.3. The summed E-state index contributed by atoms with van der Waals surface area (Å²) in [5.41, 5.74) is 4.89. The quantitative estimate of drug-likeness (QED) is 0.656. The highest BCUT2D eigenvalue weighted by Crippen LogP contribution is 2.24. The van der Waals surface area contributed by atoms with Crippen molar-refractivity contribution in [3.63, 3.8) is 0 Å². The van der Waals surface area contributed by atoms with E-state index in [0.717, 1.165) is 10.4 Å². The monoisotopic (exact) mass is 274 g/mol. The molecular weight excluding hydrogens is 262 g/mol. The molecule has 1 heterocycles. The van der Waals surface area contributed by atoms with Gasteiger partial charge >= 0.3 is 0 Å². The number of nitrogens with zero attached hydrogens (tertiary/aromatic N) is 1. The Morgan fingerprint density at radius 2 is 1.89 bits per heavy atom. The Morgan fingerprint density at radius 1 is 1.17 bits per heavy atom. The second-order valence-electron chi connectivity index (χ2n) is 3.93. The minimum absolute atomic E-state index is 0.180. The number of rotatable bonds is 2. The summed E-state index contributed by atoms with van der Waals surface area (Å²) < 4.78 is 52.0. The first-order valence-corrected chi connectivity index (χ1v) is 6.76. The zero-order valence-electron chi connectivity index (χ0n) is 9.44. The number of nitrogens with two attached hydrogens (primary N) is 1. The summed E-state index contributed by atoms with van der Waals surface area (Å²) in [7, 11) is -3.97. The third-order valence-corrected chi connectivity index (χ3v) is 4.57. The largest absolute Gasteiger partial charge is 0.396 e. The smallest absolute Gasteiger partial charge is 0.246 e. The number of hydrogen-bond donors (Lipinski definition) is 1. The van der Waals surface area contributed by atoms with Gasteiger partial charge in [-0.3, -0.25) is 0 Å². The molecule has 4 nitrogen and oxygen atoms in total. The highest BCUT2D eigenvalue weighted by atomic mass is 32.2. The molecule has 0 atom stereocenters. The zero-order chi connectivity index (χ0) is 13.3. The van der Waals surface area contributed by atoms with Crippen LogP contribution in [0.2, 0.25) is 0 Å². The molecule has 0 saturated heterocycles. The van der Waals surface area contributed by atoms with E-state index in [9.17, 15) is 17.2 Å². The third kappa shape index (κ3) is 2.23. The normalized spacial score (nSPS) is 17.0. The summed E-state index contributed by atoms with van der Waals surface area (Å²) in [6.45, 7) is 0.453. The van der Waals surface area contributed by atoms with Crippen molar-refractivity contribution in [3.05, 3.63) is 35.9 Å². The number of sulfonamides is 1. The van der Waals surface area contributed by atoms with Crippen LogP contribution in [0, 0.1) is 11.6 Å². The minimum atomic E-state index is -3.97. The molecular formula is C11H12F2N2O2S. The molecule has 18 heavy (non-hydrogen) atoms. The van der Waals surface area contributed by atoms with Crippen molar-refractivity contribution in [2.75, 3.05) is 18.8 Å². The first-order chi connectivity index (χ1) is 8.43. The van der Waals surface area contributed by atoms with Crippen LogP contribution in [0.1, 0.15) is 6.42 Å². The lowest BCUT2D eigenvalue weighted by molar-refractivity contribution is 0.432. The van der Waals surface area contributed by atoms with Gasteiger partial charge in [-0.2, -0.15) is 4.31 Å². The fourth-order valence-corrected chi connectivity index (χ4v) is 3.21. The van der Waals surface area contributed by atoms with Crippen LogP contribution in [0.25, 0.3) is 0 Å². The molecule has 0 spiro atoms. The van der Waals surface area contributed by atoms with Gasteiger partial charge in [0.2, 0.25) is 10.0 Å². The van der Waals surface area contributed by atoms with E-state index in [0.29, 0.717) is 12.5 Å². The van der Waals surface area contributed by atoms with Gasteiger partial charge in [-0.15, -0.1) is 0 Å². The lowest BCUT2D eigenvalue weighted by Gasteiger charge is -2.23. The molecule has 0 radical (unpaired) electrons. The average Bonchev–Trinajstić information content (AvgIpc) is 2.34. The van der Waals surface area contributed by atoms with Crippen LogP contribution in [-0.2, 0) is 10.0 Å². The van der Waals surface area contributed by atoms with E-state index in [2.05, 4.69) is 0 Å². The van der Waals surface area contributed by atoms with E-state index in [1.165, 1.54) is 0 Å². The molecule has 0 bridgehead atoms. The maximum absolute atomic E-state index is 13.6. The topological polar surface area (TPSA) is 63.4 Å². The molecule has 1 aromatic carbocycles. The van der Waals surface area contributed by atoms with Crippen molar-refractivity contribution in [2.45, 2.75) is 11.3 Å². The van der Waals surface area contributed by atoms with Crippen LogP contribution in [-0.4, -0.2) is 25.8 Å². The molecule has 1 aromatic rings. The Morgan fingerprint density at radius 3 is 2.50 bits per heavy atom. The highest BCUT2D eigenvalue weighted by Gasteiger charge is 2.28. The van der Waals surface area contributed by atoms with Crippen molar-refractivity contribution in [3.8, 4) is 0 Å². The van der Waals surface area contributed by atoms with Gasteiger partial charge in [-0.25, -0.2) is 17.2 Å². The minimum Gasteiger partial charge on any atom is -0.396 e. The van der Waals surface area contributed by atoms with Crippen molar-refractivity contribution >= 4 is 15.7 Å². The van der Waals surface area contributed by atoms with Crippen molar-refractivity contribution in [1.29, 1.82) is 0 Å². The highest BCUT2D eigenvalue weighted by molar-refractivity contribution is 7.89. The summed E-state index contributed by atoms with van der Waals surface area (Å²) in [4.78, 5) is -0.586. The summed E-state index contributed by atoms with van der Waals surface area (Å²) in [6, 6.07) is 1.31. The maximum Gasteiger partial charge on any atom is 0.246 e. The van der Waals surface area contributed by atoms with Crippen molar-refractivity contribution in [1.82, 2.24) is 4.31 Å². The molecule has 0 amide bonds. The van der Waals surface area contributed by atoms with E-state index < -0.39 is 26.6 Å². The van der Waals surface area contributed by atoms with E-state index in [4.69, 9.17) is 5.73 Å². The van der Waals surface area contributed by atoms with E-state index in [1.807, 2.05) is 6.08 Å². The van der Waals surface area contributed by atoms with Gasteiger partial charge in [0.05, 0.1) is 5.69 Å². The molecule has 98 valence electrons. The number of nitrogen functional groups attached to an aromatic ring is 1. The molecule has 0 saturated carbocycles. The maximum atomic E-state index is 13.6. The Balaban J connectivity index is 2.47. The molecule has 0 unspecified atom stereocenters. The number of anilines is 1. The summed E-state index contributed by atoms with van der Waals surface area (Å²) >= 11 is 0. The molecule has 7 heteroatoms.